The van der Waals surface area contributed by atoms with Gasteiger partial charge in [0.05, 0.1) is 11.6 Å². The molecule has 2 aromatic carbocycles. The Hall–Kier alpha value is -2.61. The molecule has 106 valence electrons. The summed E-state index contributed by atoms with van der Waals surface area (Å²) < 4.78 is 40.9. The molecule has 0 heterocycles. The Bertz CT molecular complexity index is 750. The van der Waals surface area contributed by atoms with Crippen molar-refractivity contribution in [2.75, 3.05) is 0 Å². The molecule has 0 radical (unpaired) electrons. The average molecular weight is 289 g/mol. The van der Waals surface area contributed by atoms with E-state index in [0.717, 1.165) is 18.2 Å². The van der Waals surface area contributed by atoms with Gasteiger partial charge in [-0.2, -0.15) is 5.26 Å². The average Bonchev–Trinajstić information content (AvgIpc) is 2.44. The minimum Gasteiger partial charge on any atom is -0.292 e. The minimum absolute atomic E-state index is 0.0582. The Kier molecular flexibility index (Phi) is 4.08. The molecule has 0 aliphatic rings. The standard InChI is InChI=1S/C16H10F3NO/c1-9-5-6-13(18)14(15(9)19)16(21)12(8-20)10-3-2-4-11(17)7-10/h2-7,12H,1H3. The van der Waals surface area contributed by atoms with Crippen LogP contribution in [0.25, 0.3) is 0 Å². The number of carbonyl (C=O) groups excluding carboxylic acids is 1. The summed E-state index contributed by atoms with van der Waals surface area (Å²) in [6.07, 6.45) is 0. The fraction of sp³-hybridized carbons (Fsp3) is 0.125. The molecule has 0 amide bonds. The van der Waals surface area contributed by atoms with Crippen molar-refractivity contribution in [1.82, 2.24) is 0 Å². The summed E-state index contributed by atoms with van der Waals surface area (Å²) in [4.78, 5) is 12.3. The zero-order valence-corrected chi connectivity index (χ0v) is 11.0. The van der Waals surface area contributed by atoms with Gasteiger partial charge in [-0.05, 0) is 36.2 Å². The second kappa shape index (κ2) is 5.80. The maximum Gasteiger partial charge on any atom is 0.190 e. The molecule has 0 aliphatic carbocycles. The number of rotatable bonds is 3. The highest BCUT2D eigenvalue weighted by atomic mass is 19.1. The van der Waals surface area contributed by atoms with Gasteiger partial charge in [0, 0.05) is 0 Å². The van der Waals surface area contributed by atoms with E-state index in [9.17, 15) is 18.0 Å². The lowest BCUT2D eigenvalue weighted by atomic mass is 9.90. The molecule has 1 unspecified atom stereocenters. The van der Waals surface area contributed by atoms with Gasteiger partial charge in [-0.15, -0.1) is 0 Å². The Morgan fingerprint density at radius 2 is 1.90 bits per heavy atom. The maximum absolute atomic E-state index is 14.0. The Morgan fingerprint density at radius 1 is 1.19 bits per heavy atom. The number of ketones is 1. The smallest absolute Gasteiger partial charge is 0.190 e. The molecule has 0 saturated heterocycles. The number of nitriles is 1. The molecular weight excluding hydrogens is 279 g/mol. The topological polar surface area (TPSA) is 40.9 Å². The van der Waals surface area contributed by atoms with E-state index in [2.05, 4.69) is 0 Å². The number of hydrogen-bond acceptors (Lipinski definition) is 2. The summed E-state index contributed by atoms with van der Waals surface area (Å²) in [7, 11) is 0. The molecular formula is C16H10F3NO. The van der Waals surface area contributed by atoms with Crippen LogP contribution >= 0.6 is 0 Å². The molecule has 2 aromatic rings. The first-order chi connectivity index (χ1) is 9.95. The lowest BCUT2D eigenvalue weighted by Gasteiger charge is -2.11. The third kappa shape index (κ3) is 2.79. The highest BCUT2D eigenvalue weighted by Gasteiger charge is 2.28. The van der Waals surface area contributed by atoms with E-state index in [1.807, 2.05) is 0 Å². The van der Waals surface area contributed by atoms with Gasteiger partial charge in [-0.25, -0.2) is 13.2 Å². The number of halogens is 3. The lowest BCUT2D eigenvalue weighted by molar-refractivity contribution is 0.0970. The van der Waals surface area contributed by atoms with Gasteiger partial charge in [0.1, 0.15) is 23.4 Å². The number of benzene rings is 2. The quantitative estimate of drug-likeness (QED) is 0.804. The van der Waals surface area contributed by atoms with Gasteiger partial charge >= 0.3 is 0 Å². The van der Waals surface area contributed by atoms with Crippen LogP contribution in [-0.2, 0) is 0 Å². The van der Waals surface area contributed by atoms with Gasteiger partial charge in [-0.1, -0.05) is 18.2 Å². The van der Waals surface area contributed by atoms with Crippen molar-refractivity contribution in [1.29, 1.82) is 5.26 Å². The summed E-state index contributed by atoms with van der Waals surface area (Å²) in [5.74, 6) is -5.17. The van der Waals surface area contributed by atoms with Gasteiger partial charge in [0.25, 0.3) is 0 Å². The fourth-order valence-electron chi connectivity index (χ4n) is 2.00. The van der Waals surface area contributed by atoms with E-state index >= 15 is 0 Å². The molecule has 2 nitrogen and oxygen atoms in total. The molecule has 0 fully saturated rings. The van der Waals surface area contributed by atoms with E-state index in [4.69, 9.17) is 5.26 Å². The van der Waals surface area contributed by atoms with Gasteiger partial charge < -0.3 is 0 Å². The van der Waals surface area contributed by atoms with Crippen molar-refractivity contribution in [2.24, 2.45) is 0 Å². The minimum atomic E-state index is -1.47. The number of aryl methyl sites for hydroxylation is 1. The summed E-state index contributed by atoms with van der Waals surface area (Å²) in [5, 5.41) is 9.11. The van der Waals surface area contributed by atoms with Crippen molar-refractivity contribution in [3.63, 3.8) is 0 Å². The summed E-state index contributed by atoms with van der Waals surface area (Å²) in [6, 6.07) is 8.66. The van der Waals surface area contributed by atoms with Crippen LogP contribution in [0.1, 0.15) is 27.4 Å². The van der Waals surface area contributed by atoms with Crippen molar-refractivity contribution in [2.45, 2.75) is 12.8 Å². The number of carbonyl (C=O) groups is 1. The van der Waals surface area contributed by atoms with Crippen molar-refractivity contribution < 1.29 is 18.0 Å². The van der Waals surface area contributed by atoms with Crippen LogP contribution in [0.15, 0.2) is 36.4 Å². The third-order valence-corrected chi connectivity index (χ3v) is 3.10. The molecule has 0 spiro atoms. The van der Waals surface area contributed by atoms with E-state index < -0.39 is 34.7 Å². The first kappa shape index (κ1) is 14.8. The van der Waals surface area contributed by atoms with E-state index in [0.29, 0.717) is 0 Å². The van der Waals surface area contributed by atoms with E-state index in [1.165, 1.54) is 25.1 Å². The third-order valence-electron chi connectivity index (χ3n) is 3.10. The van der Waals surface area contributed by atoms with Gasteiger partial charge in [-0.3, -0.25) is 4.79 Å². The normalized spacial score (nSPS) is 11.8. The summed E-state index contributed by atoms with van der Waals surface area (Å²) in [5.41, 5.74) is -0.621. The predicted octanol–water partition coefficient (Wildman–Crippen LogP) is 3.90. The van der Waals surface area contributed by atoms with E-state index in [-0.39, 0.29) is 11.1 Å². The predicted molar refractivity (Wildman–Crippen MR) is 70.2 cm³/mol. The number of hydrogen-bond donors (Lipinski definition) is 0. The number of Topliss-reactive ketones (excluding diaryl/α,β-unsaturated/α-hetero) is 1. The molecule has 0 N–H and O–H groups in total. The van der Waals surface area contributed by atoms with Crippen molar-refractivity contribution >= 4 is 5.78 Å². The van der Waals surface area contributed by atoms with E-state index in [1.54, 1.807) is 6.07 Å². The van der Waals surface area contributed by atoms with Crippen LogP contribution in [0.2, 0.25) is 0 Å². The van der Waals surface area contributed by atoms with Crippen LogP contribution in [0.5, 0.6) is 0 Å². The molecule has 0 saturated carbocycles. The number of nitrogens with zero attached hydrogens (tertiary/aromatic N) is 1. The molecule has 1 atom stereocenters. The zero-order chi connectivity index (χ0) is 15.6. The van der Waals surface area contributed by atoms with Gasteiger partial charge in [0.15, 0.2) is 5.78 Å². The Labute approximate surface area is 119 Å². The maximum atomic E-state index is 14.0. The molecule has 0 bridgehead atoms. The lowest BCUT2D eigenvalue weighted by Crippen LogP contribution is -2.16. The van der Waals surface area contributed by atoms with Crippen LogP contribution in [0, 0.1) is 35.7 Å². The molecule has 0 aliphatic heterocycles. The molecule has 2 rings (SSSR count). The Balaban J connectivity index is 2.53. The van der Waals surface area contributed by atoms with Crippen LogP contribution in [-0.4, -0.2) is 5.78 Å². The van der Waals surface area contributed by atoms with Crippen LogP contribution in [0.4, 0.5) is 13.2 Å². The fourth-order valence-corrected chi connectivity index (χ4v) is 2.00. The molecule has 21 heavy (non-hydrogen) atoms. The molecule has 5 heteroatoms. The second-order valence-electron chi connectivity index (χ2n) is 4.53. The monoisotopic (exact) mass is 289 g/mol. The molecule has 0 aromatic heterocycles. The SMILES string of the molecule is Cc1ccc(F)c(C(=O)C(C#N)c2cccc(F)c2)c1F. The highest BCUT2D eigenvalue weighted by Crippen LogP contribution is 2.25. The first-order valence-electron chi connectivity index (χ1n) is 6.09. The summed E-state index contributed by atoms with van der Waals surface area (Å²) >= 11 is 0. The largest absolute Gasteiger partial charge is 0.292 e. The summed E-state index contributed by atoms with van der Waals surface area (Å²) in [6.45, 7) is 1.38. The van der Waals surface area contributed by atoms with Crippen LogP contribution < -0.4 is 0 Å². The Morgan fingerprint density at radius 3 is 2.52 bits per heavy atom. The first-order valence-corrected chi connectivity index (χ1v) is 6.09. The van der Waals surface area contributed by atoms with Crippen molar-refractivity contribution in [3.05, 3.63) is 70.5 Å². The van der Waals surface area contributed by atoms with Crippen molar-refractivity contribution in [3.8, 4) is 6.07 Å². The zero-order valence-electron chi connectivity index (χ0n) is 11.0. The van der Waals surface area contributed by atoms with Crippen LogP contribution in [0.3, 0.4) is 0 Å². The van der Waals surface area contributed by atoms with Gasteiger partial charge in [0.2, 0.25) is 0 Å². The second-order valence-corrected chi connectivity index (χ2v) is 4.53. The highest BCUT2D eigenvalue weighted by molar-refractivity contribution is 6.03.